The standard InChI is InChI=1S/C10H11Cl2N3/c1-6(13)3-2-4-7-5-15-10(14)9(12)8(7)11/h5-6H,3,13H2,1H3,(H2,14,15)/t6-/m0/s1. The lowest BCUT2D eigenvalue weighted by molar-refractivity contribution is 0.771. The Hall–Kier alpha value is -0.950. The highest BCUT2D eigenvalue weighted by Crippen LogP contribution is 2.28. The Kier molecular flexibility index (Phi) is 4.22. The van der Waals surface area contributed by atoms with Crippen LogP contribution in [0.1, 0.15) is 18.9 Å². The summed E-state index contributed by atoms with van der Waals surface area (Å²) in [5, 5.41) is 0.575. The Morgan fingerprint density at radius 1 is 1.47 bits per heavy atom. The highest BCUT2D eigenvalue weighted by atomic mass is 35.5. The minimum Gasteiger partial charge on any atom is -0.382 e. The van der Waals surface area contributed by atoms with Gasteiger partial charge in [0.1, 0.15) is 10.8 Å². The first-order valence-corrected chi connectivity index (χ1v) is 5.12. The van der Waals surface area contributed by atoms with Gasteiger partial charge in [-0.05, 0) is 6.92 Å². The zero-order valence-electron chi connectivity index (χ0n) is 8.22. The fourth-order valence-corrected chi connectivity index (χ4v) is 1.22. The number of pyridine rings is 1. The minimum absolute atomic E-state index is 0.0356. The number of aromatic nitrogens is 1. The van der Waals surface area contributed by atoms with Gasteiger partial charge in [0.2, 0.25) is 0 Å². The smallest absolute Gasteiger partial charge is 0.143 e. The number of rotatable bonds is 1. The van der Waals surface area contributed by atoms with Crippen molar-refractivity contribution in [3.63, 3.8) is 0 Å². The van der Waals surface area contributed by atoms with Crippen LogP contribution in [0.5, 0.6) is 0 Å². The molecule has 5 heteroatoms. The monoisotopic (exact) mass is 243 g/mol. The Balaban J connectivity index is 2.95. The molecule has 1 heterocycles. The predicted octanol–water partition coefficient (Wildman–Crippen LogP) is 2.06. The molecule has 0 amide bonds. The summed E-state index contributed by atoms with van der Waals surface area (Å²) in [6.45, 7) is 1.88. The maximum absolute atomic E-state index is 5.93. The van der Waals surface area contributed by atoms with Gasteiger partial charge in [-0.2, -0.15) is 0 Å². The zero-order valence-corrected chi connectivity index (χ0v) is 9.73. The van der Waals surface area contributed by atoms with Crippen LogP contribution in [0.4, 0.5) is 5.82 Å². The van der Waals surface area contributed by atoms with Crippen molar-refractivity contribution < 1.29 is 0 Å². The molecule has 0 saturated heterocycles. The van der Waals surface area contributed by atoms with Crippen LogP contribution < -0.4 is 11.5 Å². The minimum atomic E-state index is 0.0356. The molecule has 0 unspecified atom stereocenters. The van der Waals surface area contributed by atoms with Crippen LogP contribution in [0.2, 0.25) is 10.0 Å². The maximum Gasteiger partial charge on any atom is 0.143 e. The van der Waals surface area contributed by atoms with E-state index >= 15 is 0 Å². The van der Waals surface area contributed by atoms with E-state index < -0.39 is 0 Å². The summed E-state index contributed by atoms with van der Waals surface area (Å²) in [7, 11) is 0. The lowest BCUT2D eigenvalue weighted by Crippen LogP contribution is -2.12. The van der Waals surface area contributed by atoms with Gasteiger partial charge in [-0.1, -0.05) is 35.0 Å². The second-order valence-corrected chi connectivity index (χ2v) is 3.92. The van der Waals surface area contributed by atoms with Gasteiger partial charge in [0.05, 0.1) is 10.6 Å². The molecule has 1 atom stereocenters. The number of halogens is 2. The van der Waals surface area contributed by atoms with Crippen molar-refractivity contribution in [1.29, 1.82) is 0 Å². The molecule has 0 aromatic carbocycles. The first kappa shape index (κ1) is 12.1. The first-order valence-electron chi connectivity index (χ1n) is 4.36. The molecule has 0 radical (unpaired) electrons. The fourth-order valence-electron chi connectivity index (χ4n) is 0.873. The van der Waals surface area contributed by atoms with Gasteiger partial charge in [0.15, 0.2) is 0 Å². The van der Waals surface area contributed by atoms with Crippen molar-refractivity contribution >= 4 is 29.0 Å². The Labute approximate surface area is 98.8 Å². The van der Waals surface area contributed by atoms with Crippen molar-refractivity contribution in [3.05, 3.63) is 21.8 Å². The van der Waals surface area contributed by atoms with Crippen LogP contribution in [0, 0.1) is 11.8 Å². The molecule has 3 nitrogen and oxygen atoms in total. The second kappa shape index (κ2) is 5.22. The quantitative estimate of drug-likeness (QED) is 0.743. The van der Waals surface area contributed by atoms with Crippen LogP contribution in [-0.4, -0.2) is 11.0 Å². The van der Waals surface area contributed by atoms with Crippen molar-refractivity contribution in [3.8, 4) is 11.8 Å². The average molecular weight is 244 g/mol. The van der Waals surface area contributed by atoms with Crippen molar-refractivity contribution in [1.82, 2.24) is 4.98 Å². The Morgan fingerprint density at radius 3 is 2.73 bits per heavy atom. The van der Waals surface area contributed by atoms with E-state index in [0.29, 0.717) is 17.0 Å². The topological polar surface area (TPSA) is 64.9 Å². The summed E-state index contributed by atoms with van der Waals surface area (Å²) in [6.07, 6.45) is 2.09. The highest BCUT2D eigenvalue weighted by Gasteiger charge is 2.06. The van der Waals surface area contributed by atoms with Gasteiger partial charge < -0.3 is 11.5 Å². The van der Waals surface area contributed by atoms with Gasteiger partial charge in [-0.3, -0.25) is 0 Å². The lowest BCUT2D eigenvalue weighted by atomic mass is 10.2. The number of nitrogen functional groups attached to an aromatic ring is 1. The number of nitrogens with two attached hydrogens (primary N) is 2. The van der Waals surface area contributed by atoms with Crippen LogP contribution >= 0.6 is 23.2 Å². The van der Waals surface area contributed by atoms with E-state index in [2.05, 4.69) is 16.8 Å². The molecule has 0 aliphatic rings. The van der Waals surface area contributed by atoms with E-state index in [1.54, 1.807) is 0 Å². The SMILES string of the molecule is C[C@H](N)CC#Cc1cnc(N)c(Cl)c1Cl. The summed E-state index contributed by atoms with van der Waals surface area (Å²) in [5.74, 6) is 5.95. The summed E-state index contributed by atoms with van der Waals surface area (Å²) in [6, 6.07) is 0.0356. The summed E-state index contributed by atoms with van der Waals surface area (Å²) in [4.78, 5) is 3.86. The van der Waals surface area contributed by atoms with Crippen molar-refractivity contribution in [2.24, 2.45) is 5.73 Å². The van der Waals surface area contributed by atoms with E-state index in [1.807, 2.05) is 6.92 Å². The normalized spacial score (nSPS) is 11.7. The number of hydrogen-bond donors (Lipinski definition) is 2. The molecule has 15 heavy (non-hydrogen) atoms. The lowest BCUT2D eigenvalue weighted by Gasteiger charge is -2.01. The summed E-state index contributed by atoms with van der Waals surface area (Å²) < 4.78 is 0. The van der Waals surface area contributed by atoms with E-state index in [-0.39, 0.29) is 16.9 Å². The molecule has 0 aliphatic heterocycles. The molecule has 1 rings (SSSR count). The largest absolute Gasteiger partial charge is 0.382 e. The van der Waals surface area contributed by atoms with Crippen molar-refractivity contribution in [2.75, 3.05) is 5.73 Å². The molecule has 1 aromatic rings. The average Bonchev–Trinajstić information content (AvgIpc) is 2.18. The van der Waals surface area contributed by atoms with Gasteiger partial charge in [0.25, 0.3) is 0 Å². The van der Waals surface area contributed by atoms with E-state index in [9.17, 15) is 0 Å². The first-order chi connectivity index (χ1) is 7.02. The van der Waals surface area contributed by atoms with Gasteiger partial charge >= 0.3 is 0 Å². The Bertz CT molecular complexity index is 419. The fraction of sp³-hybridized carbons (Fsp3) is 0.300. The molecular weight excluding hydrogens is 233 g/mol. The molecule has 0 aliphatic carbocycles. The molecule has 4 N–H and O–H groups in total. The molecule has 1 aromatic heterocycles. The molecule has 0 bridgehead atoms. The van der Waals surface area contributed by atoms with E-state index in [0.717, 1.165) is 0 Å². The van der Waals surface area contributed by atoms with Crippen molar-refractivity contribution in [2.45, 2.75) is 19.4 Å². The maximum atomic E-state index is 5.93. The molecule has 80 valence electrons. The van der Waals surface area contributed by atoms with Crippen LogP contribution in [0.15, 0.2) is 6.20 Å². The van der Waals surface area contributed by atoms with Crippen LogP contribution in [0.3, 0.4) is 0 Å². The molecule has 0 spiro atoms. The second-order valence-electron chi connectivity index (χ2n) is 3.17. The third-order valence-electron chi connectivity index (χ3n) is 1.63. The van der Waals surface area contributed by atoms with Gasteiger partial charge in [0, 0.05) is 18.7 Å². The number of anilines is 1. The van der Waals surface area contributed by atoms with E-state index in [1.165, 1.54) is 6.20 Å². The third-order valence-corrected chi connectivity index (χ3v) is 2.51. The predicted molar refractivity (Wildman–Crippen MR) is 63.8 cm³/mol. The van der Waals surface area contributed by atoms with E-state index in [4.69, 9.17) is 34.7 Å². The molecule has 0 fully saturated rings. The summed E-state index contributed by atoms with van der Waals surface area (Å²) >= 11 is 11.7. The van der Waals surface area contributed by atoms with Gasteiger partial charge in [-0.25, -0.2) is 4.98 Å². The zero-order chi connectivity index (χ0) is 11.4. The van der Waals surface area contributed by atoms with Crippen LogP contribution in [0.25, 0.3) is 0 Å². The molecular formula is C10H11Cl2N3. The van der Waals surface area contributed by atoms with Gasteiger partial charge in [-0.15, -0.1) is 0 Å². The summed E-state index contributed by atoms with van der Waals surface area (Å²) in [5.41, 5.74) is 11.6. The molecule has 0 saturated carbocycles. The third kappa shape index (κ3) is 3.28. The number of hydrogen-bond acceptors (Lipinski definition) is 3. The number of nitrogens with zero attached hydrogens (tertiary/aromatic N) is 1. The Morgan fingerprint density at radius 2 is 2.13 bits per heavy atom. The van der Waals surface area contributed by atoms with Crippen LogP contribution in [-0.2, 0) is 0 Å². The highest BCUT2D eigenvalue weighted by molar-refractivity contribution is 6.44.